The van der Waals surface area contributed by atoms with Gasteiger partial charge in [0.25, 0.3) is 5.91 Å². The summed E-state index contributed by atoms with van der Waals surface area (Å²) in [5.41, 5.74) is 6.22. The topological polar surface area (TPSA) is 92.4 Å². The number of amides is 1. The highest BCUT2D eigenvalue weighted by molar-refractivity contribution is 6.05. The Balaban J connectivity index is 1.59. The Morgan fingerprint density at radius 3 is 2.60 bits per heavy atom. The van der Waals surface area contributed by atoms with Gasteiger partial charge in [0.15, 0.2) is 0 Å². The number of halogens is 1. The van der Waals surface area contributed by atoms with Crippen molar-refractivity contribution in [3.05, 3.63) is 102 Å². The zero-order chi connectivity index (χ0) is 24.5. The van der Waals surface area contributed by atoms with Crippen LogP contribution < -0.4 is 5.32 Å². The maximum atomic E-state index is 13.9. The smallest absolute Gasteiger partial charge is 0.257 e. The monoisotopic (exact) mass is 467 g/mol. The van der Waals surface area contributed by atoms with E-state index in [4.69, 9.17) is 0 Å². The van der Waals surface area contributed by atoms with Gasteiger partial charge in [-0.1, -0.05) is 17.7 Å². The van der Waals surface area contributed by atoms with Crippen LogP contribution in [0, 0.1) is 19.7 Å². The summed E-state index contributed by atoms with van der Waals surface area (Å²) >= 11 is 0. The standard InChI is InChI=1S/C27H22FN5O2/c1-16-5-7-21(8-6-16)31-27(35)23-11-18(13-30-17(23)2)22-4-3-9-33-25(24(15-34)32-26(22)33)19-10-20(28)14-29-12-19/h3-14,34H,15H2,1-2H3,(H,31,35). The number of aliphatic hydroxyl groups is 1. The minimum atomic E-state index is -0.482. The molecule has 0 fully saturated rings. The van der Waals surface area contributed by atoms with E-state index in [1.807, 2.05) is 43.3 Å². The van der Waals surface area contributed by atoms with Crippen LogP contribution in [0.5, 0.6) is 0 Å². The minimum absolute atomic E-state index is 0.265. The first-order valence-electron chi connectivity index (χ1n) is 11.0. The van der Waals surface area contributed by atoms with E-state index >= 15 is 0 Å². The summed E-state index contributed by atoms with van der Waals surface area (Å²) in [6, 6.07) is 14.4. The van der Waals surface area contributed by atoms with Crippen LogP contribution in [0.25, 0.3) is 28.0 Å². The molecule has 7 nitrogen and oxygen atoms in total. The van der Waals surface area contributed by atoms with Gasteiger partial charge in [-0.25, -0.2) is 9.37 Å². The molecule has 0 aliphatic rings. The van der Waals surface area contributed by atoms with E-state index in [0.29, 0.717) is 45.1 Å². The molecule has 1 aromatic carbocycles. The lowest BCUT2D eigenvalue weighted by Gasteiger charge is -2.11. The SMILES string of the molecule is Cc1ccc(NC(=O)c2cc(-c3cccn4c(-c5cncc(F)c5)c(CO)nc34)cnc2C)cc1. The fraction of sp³-hybridized carbons (Fsp3) is 0.111. The number of hydrogen-bond donors (Lipinski definition) is 2. The van der Waals surface area contributed by atoms with Crippen LogP contribution in [0.4, 0.5) is 10.1 Å². The Bertz CT molecular complexity index is 1560. The maximum absolute atomic E-state index is 13.9. The molecular formula is C27H22FN5O2. The minimum Gasteiger partial charge on any atom is -0.390 e. The number of carbonyl (C=O) groups excluding carboxylic acids is 1. The largest absolute Gasteiger partial charge is 0.390 e. The molecule has 8 heteroatoms. The third-order valence-electron chi connectivity index (χ3n) is 5.80. The van der Waals surface area contributed by atoms with Gasteiger partial charge in [0.1, 0.15) is 11.5 Å². The second-order valence-electron chi connectivity index (χ2n) is 8.25. The van der Waals surface area contributed by atoms with Crippen LogP contribution in [0.2, 0.25) is 0 Å². The average Bonchev–Trinajstić information content (AvgIpc) is 3.24. The van der Waals surface area contributed by atoms with Crippen LogP contribution in [0.1, 0.15) is 27.3 Å². The molecule has 0 saturated carbocycles. The van der Waals surface area contributed by atoms with Crippen molar-refractivity contribution in [2.75, 3.05) is 5.32 Å². The Kier molecular flexibility index (Phi) is 5.80. The first kappa shape index (κ1) is 22.4. The molecule has 0 atom stereocenters. The summed E-state index contributed by atoms with van der Waals surface area (Å²) in [4.78, 5) is 26.0. The number of hydrogen-bond acceptors (Lipinski definition) is 5. The quantitative estimate of drug-likeness (QED) is 0.381. The fourth-order valence-electron chi connectivity index (χ4n) is 4.04. The number of rotatable bonds is 5. The van der Waals surface area contributed by atoms with Crippen LogP contribution >= 0.6 is 0 Å². The Morgan fingerprint density at radius 1 is 1.06 bits per heavy atom. The van der Waals surface area contributed by atoms with E-state index in [1.165, 1.54) is 12.3 Å². The normalized spacial score (nSPS) is 11.1. The van der Waals surface area contributed by atoms with Crippen LogP contribution in [0.3, 0.4) is 0 Å². The molecule has 0 bridgehead atoms. The number of aryl methyl sites for hydroxylation is 2. The molecule has 2 N–H and O–H groups in total. The number of pyridine rings is 3. The van der Waals surface area contributed by atoms with Crippen molar-refractivity contribution in [2.45, 2.75) is 20.5 Å². The van der Waals surface area contributed by atoms with E-state index in [2.05, 4.69) is 20.3 Å². The van der Waals surface area contributed by atoms with Crippen molar-refractivity contribution in [3.8, 4) is 22.4 Å². The zero-order valence-electron chi connectivity index (χ0n) is 19.2. The van der Waals surface area contributed by atoms with E-state index in [-0.39, 0.29) is 12.5 Å². The molecule has 0 spiro atoms. The number of imidazole rings is 1. The predicted molar refractivity (Wildman–Crippen MR) is 131 cm³/mol. The molecule has 5 rings (SSSR count). The van der Waals surface area contributed by atoms with Crippen LogP contribution in [0.15, 0.2) is 73.3 Å². The number of benzene rings is 1. The van der Waals surface area contributed by atoms with Crippen LogP contribution in [-0.4, -0.2) is 30.4 Å². The van der Waals surface area contributed by atoms with E-state index < -0.39 is 5.82 Å². The van der Waals surface area contributed by atoms with Gasteiger partial charge in [-0.15, -0.1) is 0 Å². The molecule has 35 heavy (non-hydrogen) atoms. The maximum Gasteiger partial charge on any atom is 0.257 e. The van der Waals surface area contributed by atoms with Gasteiger partial charge < -0.3 is 10.4 Å². The van der Waals surface area contributed by atoms with Gasteiger partial charge in [0, 0.05) is 41.0 Å². The molecule has 0 saturated heterocycles. The molecule has 4 heterocycles. The lowest BCUT2D eigenvalue weighted by molar-refractivity contribution is 0.102. The number of anilines is 1. The Morgan fingerprint density at radius 2 is 1.86 bits per heavy atom. The number of nitrogens with zero attached hydrogens (tertiary/aromatic N) is 4. The van der Waals surface area contributed by atoms with Crippen molar-refractivity contribution in [1.29, 1.82) is 0 Å². The third kappa shape index (κ3) is 4.27. The molecular weight excluding hydrogens is 445 g/mol. The van der Waals surface area contributed by atoms with Gasteiger partial charge in [-0.3, -0.25) is 19.2 Å². The third-order valence-corrected chi connectivity index (χ3v) is 5.80. The first-order valence-corrected chi connectivity index (χ1v) is 11.0. The summed E-state index contributed by atoms with van der Waals surface area (Å²) in [6.07, 6.45) is 6.12. The summed E-state index contributed by atoms with van der Waals surface area (Å²) in [5, 5.41) is 12.9. The highest BCUT2D eigenvalue weighted by Crippen LogP contribution is 2.31. The van der Waals surface area contributed by atoms with Crippen molar-refractivity contribution < 1.29 is 14.3 Å². The van der Waals surface area contributed by atoms with E-state index in [1.54, 1.807) is 29.8 Å². The Labute approximate surface area is 201 Å². The van der Waals surface area contributed by atoms with Gasteiger partial charge in [-0.2, -0.15) is 0 Å². The molecule has 4 aromatic heterocycles. The van der Waals surface area contributed by atoms with Crippen LogP contribution in [-0.2, 0) is 6.61 Å². The number of carbonyl (C=O) groups is 1. The lowest BCUT2D eigenvalue weighted by atomic mass is 10.0. The van der Waals surface area contributed by atoms with Crippen molar-refractivity contribution in [2.24, 2.45) is 0 Å². The molecule has 174 valence electrons. The van der Waals surface area contributed by atoms with Gasteiger partial charge in [-0.05, 0) is 50.2 Å². The molecule has 0 unspecified atom stereocenters. The van der Waals surface area contributed by atoms with Crippen molar-refractivity contribution >= 4 is 17.2 Å². The Hall–Kier alpha value is -4.43. The zero-order valence-corrected chi connectivity index (χ0v) is 19.2. The number of fused-ring (bicyclic) bond motifs is 1. The second kappa shape index (κ2) is 9.08. The van der Waals surface area contributed by atoms with Gasteiger partial charge >= 0.3 is 0 Å². The molecule has 0 radical (unpaired) electrons. The second-order valence-corrected chi connectivity index (χ2v) is 8.25. The first-order chi connectivity index (χ1) is 16.9. The summed E-state index contributed by atoms with van der Waals surface area (Å²) in [5.74, 6) is -0.747. The highest BCUT2D eigenvalue weighted by atomic mass is 19.1. The van der Waals surface area contributed by atoms with Gasteiger partial charge in [0.05, 0.1) is 35.4 Å². The average molecular weight is 468 g/mol. The van der Waals surface area contributed by atoms with E-state index in [0.717, 1.165) is 17.3 Å². The summed E-state index contributed by atoms with van der Waals surface area (Å²) < 4.78 is 15.7. The van der Waals surface area contributed by atoms with Crippen molar-refractivity contribution in [1.82, 2.24) is 19.4 Å². The predicted octanol–water partition coefficient (Wildman–Crippen LogP) is 4.96. The summed E-state index contributed by atoms with van der Waals surface area (Å²) in [6.45, 7) is 3.43. The molecule has 0 aliphatic heterocycles. The fourth-order valence-corrected chi connectivity index (χ4v) is 4.04. The molecule has 1 amide bonds. The number of nitrogens with one attached hydrogen (secondary N) is 1. The highest BCUT2D eigenvalue weighted by Gasteiger charge is 2.19. The van der Waals surface area contributed by atoms with Gasteiger partial charge in [0.2, 0.25) is 0 Å². The number of aromatic nitrogens is 4. The number of aliphatic hydroxyl groups excluding tert-OH is 1. The molecule has 0 aliphatic carbocycles. The summed E-state index contributed by atoms with van der Waals surface area (Å²) in [7, 11) is 0. The van der Waals surface area contributed by atoms with E-state index in [9.17, 15) is 14.3 Å². The van der Waals surface area contributed by atoms with Crippen molar-refractivity contribution in [3.63, 3.8) is 0 Å². The molecule has 5 aromatic rings. The lowest BCUT2D eigenvalue weighted by Crippen LogP contribution is -2.14.